The summed E-state index contributed by atoms with van der Waals surface area (Å²) in [4.78, 5) is 45.1. The molecular weight excluding hydrogens is 336 g/mol. The van der Waals surface area contributed by atoms with Crippen LogP contribution in [0.25, 0.3) is 0 Å². The molecule has 0 fully saturated rings. The normalized spacial score (nSPS) is 10.8. The molecule has 0 heterocycles. The van der Waals surface area contributed by atoms with Gasteiger partial charge in [0.2, 0.25) is 0 Å². The Morgan fingerprint density at radius 1 is 0.760 bits per heavy atom. The second-order valence-electron chi connectivity index (χ2n) is 4.86. The molecular formula is C16H22O9. The lowest BCUT2D eigenvalue weighted by Crippen LogP contribution is -2.28. The summed E-state index contributed by atoms with van der Waals surface area (Å²) >= 11 is 0. The monoisotopic (exact) mass is 358 g/mol. The first-order valence-electron chi connectivity index (χ1n) is 7.30. The maximum absolute atomic E-state index is 11.6. The molecule has 0 aliphatic heterocycles. The molecule has 9 heteroatoms. The van der Waals surface area contributed by atoms with Gasteiger partial charge in [-0.15, -0.1) is 0 Å². The third kappa shape index (κ3) is 10.5. The summed E-state index contributed by atoms with van der Waals surface area (Å²) in [7, 11) is 0. The van der Waals surface area contributed by atoms with Crippen LogP contribution < -0.4 is 0 Å². The highest BCUT2D eigenvalue weighted by Crippen LogP contribution is 1.99. The van der Waals surface area contributed by atoms with Crippen molar-refractivity contribution in [3.63, 3.8) is 0 Å². The lowest BCUT2D eigenvalue weighted by atomic mass is 10.4. The highest BCUT2D eigenvalue weighted by Gasteiger charge is 2.20. The smallest absolute Gasteiger partial charge is 0.459 e. The third-order valence-electron chi connectivity index (χ3n) is 2.40. The second-order valence-corrected chi connectivity index (χ2v) is 4.86. The Morgan fingerprint density at radius 2 is 1.16 bits per heavy atom. The molecule has 0 aromatic heterocycles. The fourth-order valence-corrected chi connectivity index (χ4v) is 1.13. The molecule has 0 bridgehead atoms. The second kappa shape index (κ2) is 11.7. The Kier molecular flexibility index (Phi) is 10.3. The summed E-state index contributed by atoms with van der Waals surface area (Å²) in [5.41, 5.74) is 0.438. The number of ether oxygens (including phenoxy) is 5. The van der Waals surface area contributed by atoms with Gasteiger partial charge in [-0.1, -0.05) is 13.2 Å². The van der Waals surface area contributed by atoms with E-state index in [9.17, 15) is 19.2 Å². The molecule has 0 aliphatic rings. The van der Waals surface area contributed by atoms with E-state index in [-0.39, 0.29) is 37.6 Å². The molecule has 0 amide bonds. The zero-order valence-electron chi connectivity index (χ0n) is 14.5. The van der Waals surface area contributed by atoms with Crippen LogP contribution in [-0.2, 0) is 38.1 Å². The van der Waals surface area contributed by atoms with Gasteiger partial charge in [-0.3, -0.25) is 0 Å². The van der Waals surface area contributed by atoms with Gasteiger partial charge in [-0.2, -0.15) is 0 Å². The number of carbonyl (C=O) groups is 4. The van der Waals surface area contributed by atoms with Crippen molar-refractivity contribution in [2.75, 3.05) is 26.4 Å². The molecule has 0 aliphatic carbocycles. The van der Waals surface area contributed by atoms with E-state index in [0.29, 0.717) is 0 Å². The number of hydrogen-bond donors (Lipinski definition) is 0. The molecule has 0 spiro atoms. The zero-order chi connectivity index (χ0) is 19.4. The molecule has 140 valence electrons. The summed E-state index contributed by atoms with van der Waals surface area (Å²) in [6.45, 7) is 10.3. The predicted molar refractivity (Wildman–Crippen MR) is 84.4 cm³/mol. The minimum absolute atomic E-state index is 0.150. The van der Waals surface area contributed by atoms with Gasteiger partial charge in [0.05, 0.1) is 0 Å². The zero-order valence-corrected chi connectivity index (χ0v) is 14.5. The average Bonchev–Trinajstić information content (AvgIpc) is 2.54. The van der Waals surface area contributed by atoms with E-state index in [4.69, 9.17) is 14.2 Å². The standard InChI is InChI=1S/C16H22O9/c1-10(2)13(17)21-6-7-23-15(19)12(5)25-16(20)24-9-8-22-14(18)11(3)4/h12H,1,3,6-9H2,2,4-5H3. The van der Waals surface area contributed by atoms with Crippen molar-refractivity contribution in [1.82, 2.24) is 0 Å². The van der Waals surface area contributed by atoms with E-state index in [1.165, 1.54) is 20.8 Å². The number of carbonyl (C=O) groups excluding carboxylic acids is 4. The highest BCUT2D eigenvalue weighted by atomic mass is 16.7. The predicted octanol–water partition coefficient (Wildman–Crippen LogP) is 1.31. The van der Waals surface area contributed by atoms with E-state index in [2.05, 4.69) is 22.6 Å². The van der Waals surface area contributed by atoms with Gasteiger partial charge in [0.1, 0.15) is 26.4 Å². The molecule has 0 rings (SSSR count). The van der Waals surface area contributed by atoms with Crippen LogP contribution in [-0.4, -0.2) is 56.6 Å². The van der Waals surface area contributed by atoms with E-state index >= 15 is 0 Å². The van der Waals surface area contributed by atoms with Gasteiger partial charge in [-0.05, 0) is 20.8 Å². The molecule has 1 atom stereocenters. The number of rotatable bonds is 10. The largest absolute Gasteiger partial charge is 0.509 e. The van der Waals surface area contributed by atoms with Gasteiger partial charge in [0.25, 0.3) is 0 Å². The number of esters is 3. The fraction of sp³-hybridized carbons (Fsp3) is 0.500. The molecule has 0 aromatic rings. The first-order valence-corrected chi connectivity index (χ1v) is 7.30. The highest BCUT2D eigenvalue weighted by molar-refractivity contribution is 5.87. The summed E-state index contributed by atoms with van der Waals surface area (Å²) in [5, 5.41) is 0. The SMILES string of the molecule is C=C(C)C(=O)OCCOC(=O)OC(C)C(=O)OCCOC(=O)C(=C)C. The van der Waals surface area contributed by atoms with Gasteiger partial charge in [0.15, 0.2) is 6.10 Å². The first-order chi connectivity index (χ1) is 11.6. The van der Waals surface area contributed by atoms with Crippen LogP contribution in [0, 0.1) is 0 Å². The van der Waals surface area contributed by atoms with Crippen LogP contribution in [0.5, 0.6) is 0 Å². The molecule has 0 saturated heterocycles. The van der Waals surface area contributed by atoms with Gasteiger partial charge in [-0.25, -0.2) is 19.2 Å². The minimum atomic E-state index is -1.22. The van der Waals surface area contributed by atoms with Crippen LogP contribution in [0.1, 0.15) is 20.8 Å². The van der Waals surface area contributed by atoms with Crippen LogP contribution in [0.2, 0.25) is 0 Å². The maximum Gasteiger partial charge on any atom is 0.509 e. The van der Waals surface area contributed by atoms with Crippen LogP contribution in [0.15, 0.2) is 24.3 Å². The summed E-state index contributed by atoms with van der Waals surface area (Å²) in [6.07, 6.45) is -2.34. The Bertz CT molecular complexity index is 536. The Morgan fingerprint density at radius 3 is 1.60 bits per heavy atom. The lowest BCUT2D eigenvalue weighted by Gasteiger charge is -2.13. The topological polar surface area (TPSA) is 114 Å². The summed E-state index contributed by atoms with van der Waals surface area (Å²) in [6, 6.07) is 0. The Labute approximate surface area is 145 Å². The van der Waals surface area contributed by atoms with E-state index < -0.39 is 30.2 Å². The van der Waals surface area contributed by atoms with Crippen molar-refractivity contribution in [2.45, 2.75) is 26.9 Å². The van der Waals surface area contributed by atoms with Crippen molar-refractivity contribution in [2.24, 2.45) is 0 Å². The van der Waals surface area contributed by atoms with Crippen molar-refractivity contribution < 1.29 is 42.9 Å². The maximum atomic E-state index is 11.6. The number of hydrogen-bond acceptors (Lipinski definition) is 9. The summed E-state index contributed by atoms with van der Waals surface area (Å²) in [5.74, 6) is -2.05. The van der Waals surface area contributed by atoms with E-state index in [0.717, 1.165) is 0 Å². The molecule has 0 N–H and O–H groups in total. The summed E-state index contributed by atoms with van der Waals surface area (Å²) < 4.78 is 23.5. The quantitative estimate of drug-likeness (QED) is 0.247. The Balaban J connectivity index is 3.89. The molecule has 25 heavy (non-hydrogen) atoms. The van der Waals surface area contributed by atoms with Crippen molar-refractivity contribution in [1.29, 1.82) is 0 Å². The van der Waals surface area contributed by atoms with Crippen molar-refractivity contribution >= 4 is 24.1 Å². The first kappa shape index (κ1) is 22.2. The van der Waals surface area contributed by atoms with Crippen LogP contribution in [0.4, 0.5) is 4.79 Å². The average molecular weight is 358 g/mol. The van der Waals surface area contributed by atoms with Crippen LogP contribution in [0.3, 0.4) is 0 Å². The van der Waals surface area contributed by atoms with Crippen molar-refractivity contribution in [3.8, 4) is 0 Å². The van der Waals surface area contributed by atoms with Gasteiger partial charge < -0.3 is 23.7 Å². The van der Waals surface area contributed by atoms with Crippen molar-refractivity contribution in [3.05, 3.63) is 24.3 Å². The van der Waals surface area contributed by atoms with E-state index in [1.54, 1.807) is 0 Å². The lowest BCUT2D eigenvalue weighted by molar-refractivity contribution is -0.158. The van der Waals surface area contributed by atoms with Gasteiger partial charge in [0, 0.05) is 11.1 Å². The minimum Gasteiger partial charge on any atom is -0.459 e. The molecule has 1 unspecified atom stereocenters. The Hall–Kier alpha value is -2.84. The third-order valence-corrected chi connectivity index (χ3v) is 2.40. The molecule has 0 aromatic carbocycles. The molecule has 0 radical (unpaired) electrons. The van der Waals surface area contributed by atoms with Gasteiger partial charge >= 0.3 is 24.1 Å². The fourth-order valence-electron chi connectivity index (χ4n) is 1.13. The van der Waals surface area contributed by atoms with E-state index in [1.807, 2.05) is 0 Å². The molecule has 9 nitrogen and oxygen atoms in total. The molecule has 0 saturated carbocycles. The van der Waals surface area contributed by atoms with Crippen LogP contribution >= 0.6 is 0 Å².